The van der Waals surface area contributed by atoms with Crippen LogP contribution in [0.15, 0.2) is 18.2 Å². The fourth-order valence-corrected chi connectivity index (χ4v) is 2.55. The number of aryl methyl sites for hydroxylation is 1. The number of rotatable bonds is 4. The van der Waals surface area contributed by atoms with Crippen molar-refractivity contribution < 1.29 is 4.79 Å². The minimum absolute atomic E-state index is 0. The summed E-state index contributed by atoms with van der Waals surface area (Å²) in [7, 11) is 1.97. The highest BCUT2D eigenvalue weighted by Gasteiger charge is 2.17. The van der Waals surface area contributed by atoms with Gasteiger partial charge in [-0.05, 0) is 31.2 Å². The maximum Gasteiger partial charge on any atom is 0.236 e. The highest BCUT2D eigenvalue weighted by atomic mass is 35.5. The van der Waals surface area contributed by atoms with Gasteiger partial charge in [-0.2, -0.15) is 0 Å². The van der Waals surface area contributed by atoms with Crippen LogP contribution in [0.25, 0.3) is 0 Å². The van der Waals surface area contributed by atoms with Crippen LogP contribution in [0.3, 0.4) is 0 Å². The van der Waals surface area contributed by atoms with Gasteiger partial charge in [0.05, 0.1) is 6.54 Å². The van der Waals surface area contributed by atoms with Gasteiger partial charge in [0.1, 0.15) is 0 Å². The lowest BCUT2D eigenvalue weighted by molar-refractivity contribution is -0.132. The Morgan fingerprint density at radius 3 is 2.67 bits per heavy atom. The van der Waals surface area contributed by atoms with Crippen molar-refractivity contribution in [2.24, 2.45) is 0 Å². The quantitative estimate of drug-likeness (QED) is 0.915. The molecule has 0 atom stereocenters. The van der Waals surface area contributed by atoms with Gasteiger partial charge in [0.25, 0.3) is 0 Å². The highest BCUT2D eigenvalue weighted by Crippen LogP contribution is 2.17. The lowest BCUT2D eigenvalue weighted by atomic mass is 10.1. The number of nitrogens with zero attached hydrogens (tertiary/aromatic N) is 2. The Kier molecular flexibility index (Phi) is 7.46. The standard InChI is InChI=1S/C15H22ClN3O.ClH/c1-12-3-4-13(9-14(12)16)10-18(2)11-15(20)19-7-5-17-6-8-19;/h3-4,9,17H,5-8,10-11H2,1-2H3;1H. The first-order valence-electron chi connectivity index (χ1n) is 6.98. The summed E-state index contributed by atoms with van der Waals surface area (Å²) in [6.45, 7) is 6.57. The smallest absolute Gasteiger partial charge is 0.236 e. The molecule has 0 bridgehead atoms. The topological polar surface area (TPSA) is 35.6 Å². The summed E-state index contributed by atoms with van der Waals surface area (Å²) >= 11 is 6.12. The molecule has 0 radical (unpaired) electrons. The summed E-state index contributed by atoms with van der Waals surface area (Å²) < 4.78 is 0. The summed E-state index contributed by atoms with van der Waals surface area (Å²) in [5.74, 6) is 0.201. The van der Waals surface area contributed by atoms with Crippen LogP contribution in [-0.4, -0.2) is 55.5 Å². The maximum atomic E-state index is 12.2. The SMILES string of the molecule is Cc1ccc(CN(C)CC(=O)N2CCNCC2)cc1Cl.Cl. The zero-order valence-corrected chi connectivity index (χ0v) is 14.1. The number of carbonyl (C=O) groups excluding carboxylic acids is 1. The second-order valence-corrected chi connectivity index (χ2v) is 5.79. The van der Waals surface area contributed by atoms with E-state index in [1.165, 1.54) is 0 Å². The first-order valence-corrected chi connectivity index (χ1v) is 7.36. The van der Waals surface area contributed by atoms with E-state index in [2.05, 4.69) is 11.4 Å². The molecule has 1 fully saturated rings. The van der Waals surface area contributed by atoms with Crippen LogP contribution in [0.1, 0.15) is 11.1 Å². The van der Waals surface area contributed by atoms with Gasteiger partial charge in [-0.1, -0.05) is 23.7 Å². The number of piperazine rings is 1. The van der Waals surface area contributed by atoms with Gasteiger partial charge >= 0.3 is 0 Å². The van der Waals surface area contributed by atoms with Gasteiger partial charge in [0.2, 0.25) is 5.91 Å². The lowest BCUT2D eigenvalue weighted by Crippen LogP contribution is -2.49. The third-order valence-electron chi connectivity index (χ3n) is 3.56. The van der Waals surface area contributed by atoms with E-state index in [1.54, 1.807) is 0 Å². The van der Waals surface area contributed by atoms with Crippen molar-refractivity contribution in [3.63, 3.8) is 0 Å². The number of benzene rings is 1. The number of hydrogen-bond acceptors (Lipinski definition) is 3. The Labute approximate surface area is 137 Å². The predicted octanol–water partition coefficient (Wildman–Crippen LogP) is 1.93. The van der Waals surface area contributed by atoms with Crippen LogP contribution in [0.2, 0.25) is 5.02 Å². The van der Waals surface area contributed by atoms with E-state index < -0.39 is 0 Å². The van der Waals surface area contributed by atoms with Crippen molar-refractivity contribution in [2.75, 3.05) is 39.8 Å². The molecule has 2 rings (SSSR count). The molecule has 1 N–H and O–H groups in total. The number of hydrogen-bond donors (Lipinski definition) is 1. The third-order valence-corrected chi connectivity index (χ3v) is 3.97. The molecular formula is C15H23Cl2N3O. The van der Waals surface area contributed by atoms with E-state index in [4.69, 9.17) is 11.6 Å². The number of nitrogens with one attached hydrogen (secondary N) is 1. The number of amides is 1. The molecule has 1 aromatic rings. The molecule has 21 heavy (non-hydrogen) atoms. The molecule has 1 amide bonds. The summed E-state index contributed by atoms with van der Waals surface area (Å²) in [4.78, 5) is 16.1. The third kappa shape index (κ3) is 5.47. The molecule has 0 spiro atoms. The van der Waals surface area contributed by atoms with Crippen molar-refractivity contribution >= 4 is 29.9 Å². The number of likely N-dealkylation sites (N-methyl/N-ethyl adjacent to an activating group) is 1. The van der Waals surface area contributed by atoms with Crippen molar-refractivity contribution in [3.05, 3.63) is 34.3 Å². The average molecular weight is 332 g/mol. The Bertz CT molecular complexity index is 476. The van der Waals surface area contributed by atoms with Crippen LogP contribution in [0, 0.1) is 6.92 Å². The molecule has 1 saturated heterocycles. The van der Waals surface area contributed by atoms with E-state index in [9.17, 15) is 4.79 Å². The van der Waals surface area contributed by atoms with Gasteiger partial charge in [-0.3, -0.25) is 9.69 Å². The minimum atomic E-state index is 0. The maximum absolute atomic E-state index is 12.2. The average Bonchev–Trinajstić information content (AvgIpc) is 2.44. The fourth-order valence-electron chi connectivity index (χ4n) is 2.35. The zero-order valence-electron chi connectivity index (χ0n) is 12.6. The van der Waals surface area contributed by atoms with Gasteiger partial charge in [0, 0.05) is 37.7 Å². The normalized spacial score (nSPS) is 15.0. The second kappa shape index (κ2) is 8.59. The van der Waals surface area contributed by atoms with E-state index in [0.717, 1.165) is 48.9 Å². The van der Waals surface area contributed by atoms with E-state index in [-0.39, 0.29) is 18.3 Å². The van der Waals surface area contributed by atoms with Crippen LogP contribution >= 0.6 is 24.0 Å². The summed E-state index contributed by atoms with van der Waals surface area (Å²) in [5.41, 5.74) is 2.21. The first kappa shape index (κ1) is 18.2. The summed E-state index contributed by atoms with van der Waals surface area (Å²) in [5, 5.41) is 4.03. The molecule has 1 aliphatic heterocycles. The van der Waals surface area contributed by atoms with Crippen LogP contribution in [0.5, 0.6) is 0 Å². The molecule has 0 unspecified atom stereocenters. The molecule has 4 nitrogen and oxygen atoms in total. The van der Waals surface area contributed by atoms with Gasteiger partial charge in [-0.15, -0.1) is 12.4 Å². The Morgan fingerprint density at radius 2 is 2.05 bits per heavy atom. The van der Waals surface area contributed by atoms with Crippen molar-refractivity contribution in [1.29, 1.82) is 0 Å². The molecule has 118 valence electrons. The van der Waals surface area contributed by atoms with Gasteiger partial charge in [0.15, 0.2) is 0 Å². The van der Waals surface area contributed by atoms with Crippen LogP contribution < -0.4 is 5.32 Å². The molecule has 0 aliphatic carbocycles. The predicted molar refractivity (Wildman–Crippen MR) is 89.2 cm³/mol. The first-order chi connectivity index (χ1) is 9.56. The second-order valence-electron chi connectivity index (χ2n) is 5.39. The molecular weight excluding hydrogens is 309 g/mol. The molecule has 1 heterocycles. The van der Waals surface area contributed by atoms with Crippen LogP contribution in [-0.2, 0) is 11.3 Å². The van der Waals surface area contributed by atoms with E-state index >= 15 is 0 Å². The largest absolute Gasteiger partial charge is 0.339 e. The minimum Gasteiger partial charge on any atom is -0.339 e. The number of halogens is 2. The fraction of sp³-hybridized carbons (Fsp3) is 0.533. The lowest BCUT2D eigenvalue weighted by Gasteiger charge is -2.29. The number of carbonyl (C=O) groups is 1. The summed E-state index contributed by atoms with van der Waals surface area (Å²) in [6.07, 6.45) is 0. The van der Waals surface area contributed by atoms with Gasteiger partial charge < -0.3 is 10.2 Å². The Balaban J connectivity index is 0.00000220. The van der Waals surface area contributed by atoms with Gasteiger partial charge in [-0.25, -0.2) is 0 Å². The highest BCUT2D eigenvalue weighted by molar-refractivity contribution is 6.31. The van der Waals surface area contributed by atoms with Crippen molar-refractivity contribution in [3.8, 4) is 0 Å². The monoisotopic (exact) mass is 331 g/mol. The van der Waals surface area contributed by atoms with Crippen molar-refractivity contribution in [1.82, 2.24) is 15.1 Å². The molecule has 1 aliphatic rings. The van der Waals surface area contributed by atoms with E-state index in [0.29, 0.717) is 6.54 Å². The molecule has 6 heteroatoms. The molecule has 0 aromatic heterocycles. The van der Waals surface area contributed by atoms with E-state index in [1.807, 2.05) is 35.9 Å². The Hall–Kier alpha value is -0.810. The Morgan fingerprint density at radius 1 is 1.38 bits per heavy atom. The van der Waals surface area contributed by atoms with Crippen LogP contribution in [0.4, 0.5) is 0 Å². The molecule has 1 aromatic carbocycles. The molecule has 0 saturated carbocycles. The summed E-state index contributed by atoms with van der Waals surface area (Å²) in [6, 6.07) is 6.05. The zero-order chi connectivity index (χ0) is 14.5. The van der Waals surface area contributed by atoms with Crippen molar-refractivity contribution in [2.45, 2.75) is 13.5 Å².